The molecule has 0 aromatic heterocycles. The molecule has 1 heterocycles. The van der Waals surface area contributed by atoms with E-state index in [9.17, 15) is 9.18 Å². The molecule has 1 aliphatic heterocycles. The number of quaternary nitrogens is 1. The third-order valence-electron chi connectivity index (χ3n) is 2.82. The summed E-state index contributed by atoms with van der Waals surface area (Å²) in [5.41, 5.74) is 0.440. The Morgan fingerprint density at radius 3 is 2.83 bits per heavy atom. The Balaban J connectivity index is 1.90. The third kappa shape index (κ3) is 3.66. The lowest BCUT2D eigenvalue weighted by molar-refractivity contribution is -0.899. The quantitative estimate of drug-likeness (QED) is 0.834. The van der Waals surface area contributed by atoms with E-state index in [1.807, 2.05) is 0 Å². The van der Waals surface area contributed by atoms with E-state index in [2.05, 4.69) is 5.32 Å². The Morgan fingerprint density at radius 2 is 2.17 bits per heavy atom. The highest BCUT2D eigenvalue weighted by Crippen LogP contribution is 2.21. The fourth-order valence-corrected chi connectivity index (χ4v) is 2.06. The van der Waals surface area contributed by atoms with Crippen molar-refractivity contribution in [2.75, 3.05) is 38.2 Å². The normalized spacial score (nSPS) is 16.6. The summed E-state index contributed by atoms with van der Waals surface area (Å²) in [4.78, 5) is 13.0. The first-order chi connectivity index (χ1) is 8.65. The smallest absolute Gasteiger partial charge is 0.279 e. The molecule has 2 N–H and O–H groups in total. The van der Waals surface area contributed by atoms with Gasteiger partial charge in [-0.2, -0.15) is 0 Å². The van der Waals surface area contributed by atoms with Crippen LogP contribution in [0.15, 0.2) is 18.2 Å². The maximum absolute atomic E-state index is 12.8. The van der Waals surface area contributed by atoms with Crippen LogP contribution in [0, 0.1) is 5.82 Å². The molecule has 1 fully saturated rings. The fraction of sp³-hybridized carbons (Fsp3) is 0.417. The van der Waals surface area contributed by atoms with E-state index in [4.69, 9.17) is 16.3 Å². The maximum atomic E-state index is 12.8. The molecule has 0 unspecified atom stereocenters. The summed E-state index contributed by atoms with van der Waals surface area (Å²) in [5.74, 6) is -0.544. The van der Waals surface area contributed by atoms with Gasteiger partial charge in [-0.25, -0.2) is 4.39 Å². The number of halogens is 2. The van der Waals surface area contributed by atoms with Crippen molar-refractivity contribution < 1.29 is 18.8 Å². The molecule has 6 heteroatoms. The van der Waals surface area contributed by atoms with Gasteiger partial charge in [0.15, 0.2) is 6.54 Å². The Labute approximate surface area is 110 Å². The van der Waals surface area contributed by atoms with Gasteiger partial charge in [0, 0.05) is 0 Å². The first-order valence-corrected chi connectivity index (χ1v) is 6.19. The van der Waals surface area contributed by atoms with Gasteiger partial charge in [0.05, 0.1) is 23.9 Å². The van der Waals surface area contributed by atoms with E-state index in [1.165, 1.54) is 23.1 Å². The van der Waals surface area contributed by atoms with Gasteiger partial charge in [-0.15, -0.1) is 0 Å². The number of carbonyl (C=O) groups excluding carboxylic acids is 1. The number of hydrogen-bond donors (Lipinski definition) is 2. The molecule has 1 aromatic carbocycles. The maximum Gasteiger partial charge on any atom is 0.279 e. The topological polar surface area (TPSA) is 42.8 Å². The highest BCUT2D eigenvalue weighted by Gasteiger charge is 2.18. The van der Waals surface area contributed by atoms with Crippen LogP contribution in [0.1, 0.15) is 0 Å². The summed E-state index contributed by atoms with van der Waals surface area (Å²) in [7, 11) is 0. The number of hydrogen-bond acceptors (Lipinski definition) is 2. The second kappa shape index (κ2) is 6.13. The van der Waals surface area contributed by atoms with Gasteiger partial charge in [-0.05, 0) is 18.2 Å². The first kappa shape index (κ1) is 13.3. The predicted molar refractivity (Wildman–Crippen MR) is 66.4 cm³/mol. The molecule has 1 aliphatic rings. The lowest BCUT2D eigenvalue weighted by Crippen LogP contribution is -3.15. The molecular formula is C12H15ClFN2O2+. The largest absolute Gasteiger partial charge is 0.370 e. The van der Waals surface area contributed by atoms with Crippen molar-refractivity contribution >= 4 is 23.2 Å². The standard InChI is InChI=1S/C12H14ClFN2O2/c13-10-7-9(14)1-2-11(10)15-12(17)8-16-3-5-18-6-4-16/h1-2,7H,3-6,8H2,(H,15,17)/p+1. The molecule has 1 saturated heterocycles. The summed E-state index contributed by atoms with van der Waals surface area (Å²) in [6, 6.07) is 3.91. The van der Waals surface area contributed by atoms with Gasteiger partial charge in [0.25, 0.3) is 5.91 Å². The summed E-state index contributed by atoms with van der Waals surface area (Å²) in [5, 5.41) is 2.89. The van der Waals surface area contributed by atoms with E-state index >= 15 is 0 Å². The summed E-state index contributed by atoms with van der Waals surface area (Å²) < 4.78 is 18.1. The zero-order valence-electron chi connectivity index (χ0n) is 9.84. The van der Waals surface area contributed by atoms with Gasteiger partial charge in [0.2, 0.25) is 0 Å². The second-order valence-corrected chi connectivity index (χ2v) is 4.62. The zero-order chi connectivity index (χ0) is 13.0. The van der Waals surface area contributed by atoms with Gasteiger partial charge < -0.3 is 15.0 Å². The van der Waals surface area contributed by atoms with Crippen LogP contribution in [0.2, 0.25) is 5.02 Å². The highest BCUT2D eigenvalue weighted by molar-refractivity contribution is 6.33. The average molecular weight is 274 g/mol. The van der Waals surface area contributed by atoms with Crippen molar-refractivity contribution in [3.05, 3.63) is 29.0 Å². The van der Waals surface area contributed by atoms with Crippen LogP contribution in [0.5, 0.6) is 0 Å². The lowest BCUT2D eigenvalue weighted by Gasteiger charge is -2.23. The number of benzene rings is 1. The number of amides is 1. The minimum absolute atomic E-state index is 0.125. The Bertz CT molecular complexity index is 436. The SMILES string of the molecule is O=C(C[NH+]1CCOCC1)Nc1ccc(F)cc1Cl. The number of ether oxygens (including phenoxy) is 1. The van der Waals surface area contributed by atoms with E-state index < -0.39 is 5.82 Å². The minimum Gasteiger partial charge on any atom is -0.370 e. The molecule has 0 bridgehead atoms. The summed E-state index contributed by atoms with van der Waals surface area (Å²) in [6.07, 6.45) is 0. The molecule has 0 spiro atoms. The molecule has 0 saturated carbocycles. The van der Waals surface area contributed by atoms with Crippen molar-refractivity contribution in [1.29, 1.82) is 0 Å². The number of nitrogens with one attached hydrogen (secondary N) is 2. The van der Waals surface area contributed by atoms with Crippen LogP contribution in [-0.4, -0.2) is 38.8 Å². The van der Waals surface area contributed by atoms with Crippen LogP contribution in [0.4, 0.5) is 10.1 Å². The Kier molecular flexibility index (Phi) is 4.52. The monoisotopic (exact) mass is 273 g/mol. The van der Waals surface area contributed by atoms with E-state index in [0.717, 1.165) is 13.1 Å². The molecule has 0 aliphatic carbocycles. The van der Waals surface area contributed by atoms with Gasteiger partial charge in [-0.3, -0.25) is 4.79 Å². The summed E-state index contributed by atoms with van der Waals surface area (Å²) in [6.45, 7) is 3.38. The van der Waals surface area contributed by atoms with Crippen molar-refractivity contribution in [3.8, 4) is 0 Å². The second-order valence-electron chi connectivity index (χ2n) is 4.21. The Hall–Kier alpha value is -1.17. The van der Waals surface area contributed by atoms with Crippen molar-refractivity contribution in [1.82, 2.24) is 0 Å². The molecule has 1 amide bonds. The number of carbonyl (C=O) groups is 1. The number of rotatable bonds is 3. The van der Waals surface area contributed by atoms with Gasteiger partial charge in [0.1, 0.15) is 18.9 Å². The minimum atomic E-state index is -0.420. The van der Waals surface area contributed by atoms with Gasteiger partial charge in [-0.1, -0.05) is 11.6 Å². The summed E-state index contributed by atoms with van der Waals surface area (Å²) >= 11 is 5.83. The van der Waals surface area contributed by atoms with Crippen LogP contribution in [-0.2, 0) is 9.53 Å². The zero-order valence-corrected chi connectivity index (χ0v) is 10.6. The van der Waals surface area contributed by atoms with E-state index in [-0.39, 0.29) is 10.9 Å². The van der Waals surface area contributed by atoms with E-state index in [0.29, 0.717) is 25.4 Å². The molecule has 2 rings (SSSR count). The molecule has 0 radical (unpaired) electrons. The highest BCUT2D eigenvalue weighted by atomic mass is 35.5. The van der Waals surface area contributed by atoms with Crippen molar-refractivity contribution in [2.45, 2.75) is 0 Å². The number of anilines is 1. The first-order valence-electron chi connectivity index (χ1n) is 5.81. The predicted octanol–water partition coefficient (Wildman–Crippen LogP) is 0.333. The molecule has 1 aromatic rings. The van der Waals surface area contributed by atoms with Crippen LogP contribution in [0.25, 0.3) is 0 Å². The third-order valence-corrected chi connectivity index (χ3v) is 3.13. The number of morpholine rings is 1. The van der Waals surface area contributed by atoms with Crippen LogP contribution >= 0.6 is 11.6 Å². The van der Waals surface area contributed by atoms with Gasteiger partial charge >= 0.3 is 0 Å². The molecular weight excluding hydrogens is 259 g/mol. The average Bonchev–Trinajstić information content (AvgIpc) is 2.34. The molecule has 0 atom stereocenters. The fourth-order valence-electron chi connectivity index (χ4n) is 1.85. The molecule has 98 valence electrons. The molecule has 4 nitrogen and oxygen atoms in total. The van der Waals surface area contributed by atoms with Crippen molar-refractivity contribution in [2.24, 2.45) is 0 Å². The molecule has 18 heavy (non-hydrogen) atoms. The lowest BCUT2D eigenvalue weighted by atomic mass is 10.3. The Morgan fingerprint density at radius 1 is 1.44 bits per heavy atom. The van der Waals surface area contributed by atoms with Crippen molar-refractivity contribution in [3.63, 3.8) is 0 Å². The van der Waals surface area contributed by atoms with E-state index in [1.54, 1.807) is 0 Å². The van der Waals surface area contributed by atoms with Crippen LogP contribution in [0.3, 0.4) is 0 Å². The van der Waals surface area contributed by atoms with Crippen LogP contribution < -0.4 is 10.2 Å².